The number of carbonyl (C=O) groups is 4. The van der Waals surface area contributed by atoms with E-state index in [2.05, 4.69) is 5.32 Å². The molecule has 42 heavy (non-hydrogen) atoms. The number of nitrogens with one attached hydrogen (secondary N) is 1. The van der Waals surface area contributed by atoms with Crippen molar-refractivity contribution in [1.82, 2.24) is 4.90 Å². The van der Waals surface area contributed by atoms with Gasteiger partial charge >= 0.3 is 5.97 Å². The molecule has 2 heterocycles. The molecule has 11 heteroatoms. The molecule has 9 nitrogen and oxygen atoms in total. The molecule has 0 unspecified atom stereocenters. The van der Waals surface area contributed by atoms with Gasteiger partial charge in [-0.05, 0) is 91.8 Å². The van der Waals surface area contributed by atoms with Gasteiger partial charge in [0, 0.05) is 30.9 Å². The van der Waals surface area contributed by atoms with E-state index in [0.717, 1.165) is 17.7 Å². The van der Waals surface area contributed by atoms with Gasteiger partial charge in [-0.3, -0.25) is 19.3 Å². The van der Waals surface area contributed by atoms with Crippen molar-refractivity contribution in [2.45, 2.75) is 38.8 Å². The highest BCUT2D eigenvalue weighted by Gasteiger charge is 2.44. The second kappa shape index (κ2) is 12.5. The van der Waals surface area contributed by atoms with Crippen LogP contribution in [0.15, 0.2) is 72.8 Å². The monoisotopic (exact) mass is 588 g/mol. The molecule has 1 N–H and O–H groups in total. The Balaban J connectivity index is 1.38. The molecule has 0 spiro atoms. The summed E-state index contributed by atoms with van der Waals surface area (Å²) in [6.45, 7) is 2.87. The highest BCUT2D eigenvalue weighted by Crippen LogP contribution is 2.30. The zero-order valence-corrected chi connectivity index (χ0v) is 23.7. The lowest BCUT2D eigenvalue weighted by Gasteiger charge is -2.24. The lowest BCUT2D eigenvalue weighted by atomic mass is 10.1. The first kappa shape index (κ1) is 28.9. The van der Waals surface area contributed by atoms with Crippen LogP contribution in [0, 0.1) is 5.82 Å². The van der Waals surface area contributed by atoms with Crippen LogP contribution in [0.4, 0.5) is 21.5 Å². The summed E-state index contributed by atoms with van der Waals surface area (Å²) >= 11 is 5.76. The van der Waals surface area contributed by atoms with Crippen molar-refractivity contribution in [2.24, 2.45) is 0 Å². The number of hydrogen-bond donors (Lipinski definition) is 1. The van der Waals surface area contributed by atoms with E-state index in [1.807, 2.05) is 24.3 Å². The Bertz CT molecular complexity index is 1510. The van der Waals surface area contributed by atoms with Crippen molar-refractivity contribution in [2.75, 3.05) is 28.3 Å². The largest absolute Gasteiger partial charge is 0.462 e. The molecule has 2 aliphatic rings. The summed E-state index contributed by atoms with van der Waals surface area (Å²) in [5, 5.41) is 2.92. The van der Waals surface area contributed by atoms with Gasteiger partial charge < -0.3 is 19.9 Å². The Kier molecular flexibility index (Phi) is 8.58. The lowest BCUT2D eigenvalue weighted by Crippen LogP contribution is -2.37. The maximum absolute atomic E-state index is 13.8. The molecule has 0 radical (unpaired) electrons. The van der Waals surface area contributed by atoms with E-state index >= 15 is 0 Å². The molecule has 216 valence electrons. The number of amides is 3. The maximum Gasteiger partial charge on any atom is 0.338 e. The number of rotatable bonds is 9. The van der Waals surface area contributed by atoms with Crippen LogP contribution >= 0.6 is 12.2 Å². The smallest absolute Gasteiger partial charge is 0.338 e. The molecule has 5 rings (SSSR count). The fourth-order valence-electron chi connectivity index (χ4n) is 5.03. The van der Waals surface area contributed by atoms with Crippen LogP contribution in [0.2, 0.25) is 0 Å². The van der Waals surface area contributed by atoms with Gasteiger partial charge in [-0.1, -0.05) is 12.1 Å². The van der Waals surface area contributed by atoms with Gasteiger partial charge in [0.15, 0.2) is 5.11 Å². The Hall–Kier alpha value is -4.64. The number of thiocarbonyl (C=S) groups is 1. The third kappa shape index (κ3) is 6.15. The van der Waals surface area contributed by atoms with Crippen molar-refractivity contribution in [3.63, 3.8) is 0 Å². The highest BCUT2D eigenvalue weighted by atomic mass is 32.1. The molecular weight excluding hydrogens is 559 g/mol. The molecule has 2 saturated heterocycles. The number of benzene rings is 3. The number of halogens is 1. The summed E-state index contributed by atoms with van der Waals surface area (Å²) in [7, 11) is 0. The van der Waals surface area contributed by atoms with Crippen LogP contribution in [0.25, 0.3) is 0 Å². The van der Waals surface area contributed by atoms with Gasteiger partial charge in [0.05, 0.1) is 24.3 Å². The van der Waals surface area contributed by atoms with Crippen LogP contribution in [-0.2, 0) is 25.7 Å². The Morgan fingerprint density at radius 2 is 1.64 bits per heavy atom. The SMILES string of the molecule is CCOC(=O)c1ccc(N2C(=O)[C@H](CC(=O)Nc3ccc(F)cc3)N(Cc3ccc(N4CCCC4=O)cc3)C2=S)cc1. The molecule has 1 atom stereocenters. The van der Waals surface area contributed by atoms with Gasteiger partial charge in [-0.15, -0.1) is 0 Å². The van der Waals surface area contributed by atoms with E-state index in [1.165, 1.54) is 29.2 Å². The van der Waals surface area contributed by atoms with Gasteiger partial charge in [-0.2, -0.15) is 0 Å². The molecule has 3 aromatic rings. The molecule has 0 aliphatic carbocycles. The molecule has 2 aliphatic heterocycles. The van der Waals surface area contributed by atoms with Crippen LogP contribution in [-0.4, -0.2) is 52.9 Å². The van der Waals surface area contributed by atoms with Crippen molar-refractivity contribution in [3.8, 4) is 0 Å². The Morgan fingerprint density at radius 1 is 0.976 bits per heavy atom. The second-order valence-electron chi connectivity index (χ2n) is 9.94. The minimum atomic E-state index is -0.914. The molecule has 0 bridgehead atoms. The van der Waals surface area contributed by atoms with Gasteiger partial charge in [-0.25, -0.2) is 9.18 Å². The predicted octanol–water partition coefficient (Wildman–Crippen LogP) is 4.66. The topological polar surface area (TPSA) is 99.3 Å². The van der Waals surface area contributed by atoms with Gasteiger partial charge in [0.1, 0.15) is 11.9 Å². The van der Waals surface area contributed by atoms with E-state index in [4.69, 9.17) is 17.0 Å². The molecular formula is C31H29FN4O5S. The minimum Gasteiger partial charge on any atom is -0.462 e. The van der Waals surface area contributed by atoms with E-state index in [1.54, 1.807) is 41.0 Å². The number of anilines is 3. The van der Waals surface area contributed by atoms with Crippen LogP contribution < -0.4 is 15.1 Å². The second-order valence-corrected chi connectivity index (χ2v) is 10.3. The summed E-state index contributed by atoms with van der Waals surface area (Å²) in [5.74, 6) is -1.64. The number of ether oxygens (including phenoxy) is 1. The van der Waals surface area contributed by atoms with Crippen LogP contribution in [0.5, 0.6) is 0 Å². The first-order valence-corrected chi connectivity index (χ1v) is 14.0. The summed E-state index contributed by atoms with van der Waals surface area (Å²) in [6, 6.07) is 18.2. The number of nitrogens with zero attached hydrogens (tertiary/aromatic N) is 3. The maximum atomic E-state index is 13.8. The predicted molar refractivity (Wildman–Crippen MR) is 159 cm³/mol. The zero-order chi connectivity index (χ0) is 29.8. The van der Waals surface area contributed by atoms with Gasteiger partial charge in [0.2, 0.25) is 11.8 Å². The first-order valence-electron chi connectivity index (χ1n) is 13.6. The minimum absolute atomic E-state index is 0.0888. The lowest BCUT2D eigenvalue weighted by molar-refractivity contribution is -0.124. The summed E-state index contributed by atoms with van der Waals surface area (Å²) in [4.78, 5) is 55.8. The van der Waals surface area contributed by atoms with E-state index in [-0.39, 0.29) is 30.6 Å². The standard InChI is InChI=1S/C31H29FN4O5S/c1-2-41-30(40)21-7-15-25(16-8-21)36-29(39)26(18-27(37)33-23-11-9-22(32)10-12-23)35(31(36)42)19-20-5-13-24(14-6-20)34-17-3-4-28(34)38/h5-16,26H,2-4,17-19H2,1H3,(H,33,37)/t26-/m0/s1. The third-order valence-corrected chi connectivity index (χ3v) is 7.55. The fourth-order valence-corrected chi connectivity index (χ4v) is 5.42. The van der Waals surface area contributed by atoms with E-state index < -0.39 is 29.6 Å². The first-order chi connectivity index (χ1) is 20.2. The van der Waals surface area contributed by atoms with E-state index in [9.17, 15) is 23.6 Å². The summed E-state index contributed by atoms with van der Waals surface area (Å²) in [6.07, 6.45) is 1.15. The van der Waals surface area contributed by atoms with Crippen molar-refractivity contribution >= 4 is 58.1 Å². The molecule has 2 fully saturated rings. The van der Waals surface area contributed by atoms with E-state index in [0.29, 0.717) is 29.9 Å². The fraction of sp³-hybridized carbons (Fsp3) is 0.258. The number of esters is 1. The molecule has 0 aromatic heterocycles. The van der Waals surface area contributed by atoms with Crippen LogP contribution in [0.1, 0.15) is 42.1 Å². The number of hydrogen-bond acceptors (Lipinski definition) is 6. The van der Waals surface area contributed by atoms with Crippen molar-refractivity contribution < 1.29 is 28.3 Å². The average Bonchev–Trinajstić information content (AvgIpc) is 3.51. The number of carbonyl (C=O) groups excluding carboxylic acids is 4. The quantitative estimate of drug-likeness (QED) is 0.287. The highest BCUT2D eigenvalue weighted by molar-refractivity contribution is 7.80. The van der Waals surface area contributed by atoms with Gasteiger partial charge in [0.25, 0.3) is 5.91 Å². The Morgan fingerprint density at radius 3 is 2.26 bits per heavy atom. The Labute approximate surface area is 247 Å². The third-order valence-electron chi connectivity index (χ3n) is 7.14. The van der Waals surface area contributed by atoms with Crippen molar-refractivity contribution in [3.05, 3.63) is 89.7 Å². The normalized spacial score (nSPS) is 16.8. The summed E-state index contributed by atoms with van der Waals surface area (Å²) in [5.41, 5.74) is 2.83. The molecule has 3 aromatic carbocycles. The summed E-state index contributed by atoms with van der Waals surface area (Å²) < 4.78 is 18.4. The zero-order valence-electron chi connectivity index (χ0n) is 22.9. The average molecular weight is 589 g/mol. The molecule has 3 amide bonds. The van der Waals surface area contributed by atoms with Crippen LogP contribution in [0.3, 0.4) is 0 Å². The molecule has 0 saturated carbocycles. The van der Waals surface area contributed by atoms with Crippen molar-refractivity contribution in [1.29, 1.82) is 0 Å².